The van der Waals surface area contributed by atoms with Crippen molar-refractivity contribution in [1.29, 1.82) is 5.39 Å². The van der Waals surface area contributed by atoms with E-state index >= 15 is 0 Å². The Morgan fingerprint density at radius 2 is 1.53 bits per heavy atom. The van der Waals surface area contributed by atoms with E-state index in [9.17, 15) is 10.2 Å². The summed E-state index contributed by atoms with van der Waals surface area (Å²) in [5.41, 5.74) is 0.723. The number of nitrogens with zero attached hydrogens (tertiary/aromatic N) is 2. The van der Waals surface area contributed by atoms with Gasteiger partial charge in [0.15, 0.2) is 4.98 Å². The summed E-state index contributed by atoms with van der Waals surface area (Å²) in [6.45, 7) is 0.972. The molecule has 0 bridgehead atoms. The Kier molecular flexibility index (Phi) is 7.31. The molecule has 0 amide bonds. The van der Waals surface area contributed by atoms with Crippen LogP contribution >= 0.6 is 0 Å². The normalized spacial score (nSPS) is 9.70. The van der Waals surface area contributed by atoms with E-state index in [4.69, 9.17) is 24.1 Å². The number of fused-ring (bicyclic) bond motifs is 1. The number of carbonyl (C=O) groups is 2. The summed E-state index contributed by atoms with van der Waals surface area (Å²) in [6, 6.07) is 13.6. The number of benzene rings is 3. The minimum atomic E-state index is -1.08. The van der Waals surface area contributed by atoms with Crippen LogP contribution in [0.5, 0.6) is 17.2 Å². The van der Waals surface area contributed by atoms with Crippen molar-refractivity contribution < 1.29 is 28.9 Å². The number of carboxylic acids is 1. The monoisotopic (exact) mass is 408 g/mol. The van der Waals surface area contributed by atoms with E-state index in [0.717, 1.165) is 12.3 Å². The van der Waals surface area contributed by atoms with Crippen LogP contribution in [0.2, 0.25) is 0 Å². The molecule has 0 atom stereocenters. The van der Waals surface area contributed by atoms with Crippen LogP contribution in [0.15, 0.2) is 48.5 Å². The molecule has 0 spiro atoms. The molecule has 3 rings (SSSR count). The fourth-order valence-electron chi connectivity index (χ4n) is 3.00. The predicted octanol–water partition coefficient (Wildman–Crippen LogP) is 3.34. The fraction of sp³-hybridized carbons (Fsp3) is 0.182. The molecule has 3 aromatic carbocycles. The summed E-state index contributed by atoms with van der Waals surface area (Å²) in [5.74, 6) is 0.0197. The summed E-state index contributed by atoms with van der Waals surface area (Å²) in [6.07, 6.45) is 0. The van der Waals surface area contributed by atoms with Crippen molar-refractivity contribution in [3.63, 3.8) is 0 Å². The van der Waals surface area contributed by atoms with Crippen molar-refractivity contribution in [2.24, 2.45) is 0 Å². The summed E-state index contributed by atoms with van der Waals surface area (Å²) < 4.78 is 16.5. The van der Waals surface area contributed by atoms with E-state index in [1.54, 1.807) is 43.5 Å². The molecule has 0 aromatic heterocycles. The molecular weight excluding hydrogens is 388 g/mol. The molecule has 0 saturated heterocycles. The number of carboxylic acid groups (broad SMARTS) is 1. The maximum Gasteiger partial charge on any atom is 0.396 e. The van der Waals surface area contributed by atoms with Crippen LogP contribution in [-0.4, -0.2) is 33.1 Å². The highest BCUT2D eigenvalue weighted by Crippen LogP contribution is 2.43. The summed E-state index contributed by atoms with van der Waals surface area (Å²) in [4.78, 5) is 25.3. The van der Waals surface area contributed by atoms with Gasteiger partial charge in [-0.2, -0.15) is 0 Å². The van der Waals surface area contributed by atoms with Gasteiger partial charge in [-0.1, -0.05) is 24.3 Å². The summed E-state index contributed by atoms with van der Waals surface area (Å²) in [5, 5.41) is 19.5. The molecule has 0 aliphatic carbocycles. The van der Waals surface area contributed by atoms with Crippen LogP contribution in [0, 0.1) is 5.39 Å². The Labute approximate surface area is 173 Å². The van der Waals surface area contributed by atoms with Crippen molar-refractivity contribution in [2.45, 2.75) is 6.92 Å². The number of hydrogen-bond acceptors (Lipinski definition) is 7. The van der Waals surface area contributed by atoms with Crippen molar-refractivity contribution in [3.05, 3.63) is 64.6 Å². The van der Waals surface area contributed by atoms with Crippen molar-refractivity contribution in [3.8, 4) is 17.2 Å². The van der Waals surface area contributed by atoms with Gasteiger partial charge in [-0.15, -0.1) is 0 Å². The van der Waals surface area contributed by atoms with Gasteiger partial charge in [0.2, 0.25) is 11.2 Å². The average molecular weight is 408 g/mol. The van der Waals surface area contributed by atoms with Gasteiger partial charge in [0.1, 0.15) is 22.8 Å². The van der Waals surface area contributed by atoms with E-state index in [0.29, 0.717) is 22.6 Å². The molecule has 0 aliphatic rings. The van der Waals surface area contributed by atoms with Gasteiger partial charge in [0.05, 0.1) is 32.3 Å². The quantitative estimate of drug-likeness (QED) is 0.470. The first-order valence-corrected chi connectivity index (χ1v) is 8.77. The van der Waals surface area contributed by atoms with E-state index in [1.807, 2.05) is 12.1 Å². The molecule has 0 N–H and O–H groups in total. The first-order valence-electron chi connectivity index (χ1n) is 8.77. The van der Waals surface area contributed by atoms with E-state index < -0.39 is 5.97 Å². The SMILES string of the molecule is CC(=O)[O-].COc1cc(C(=O)c2ccccc2[N+]#N)c(OC)c2c(OC)cccc12. The number of ketones is 1. The van der Waals surface area contributed by atoms with Crippen LogP contribution in [0.3, 0.4) is 0 Å². The third kappa shape index (κ3) is 4.47. The number of diazo groups is 1. The van der Waals surface area contributed by atoms with Crippen LogP contribution in [0.1, 0.15) is 22.8 Å². The smallest absolute Gasteiger partial charge is 0.396 e. The molecule has 0 aliphatic heterocycles. The number of ether oxygens (including phenoxy) is 3. The van der Waals surface area contributed by atoms with Gasteiger partial charge < -0.3 is 24.1 Å². The molecule has 8 heteroatoms. The third-order valence-electron chi connectivity index (χ3n) is 4.18. The van der Waals surface area contributed by atoms with E-state index in [-0.39, 0.29) is 22.6 Å². The Bertz CT molecular complexity index is 1130. The largest absolute Gasteiger partial charge is 0.550 e. The molecule has 0 fully saturated rings. The van der Waals surface area contributed by atoms with Gasteiger partial charge in [-0.3, -0.25) is 4.79 Å². The van der Waals surface area contributed by atoms with Gasteiger partial charge in [0, 0.05) is 17.4 Å². The first-order chi connectivity index (χ1) is 14.4. The second-order valence-corrected chi connectivity index (χ2v) is 5.98. The van der Waals surface area contributed by atoms with Gasteiger partial charge in [-0.05, 0) is 25.1 Å². The molecule has 8 nitrogen and oxygen atoms in total. The fourth-order valence-corrected chi connectivity index (χ4v) is 3.00. The second kappa shape index (κ2) is 9.89. The number of rotatable bonds is 5. The lowest BCUT2D eigenvalue weighted by Gasteiger charge is -2.16. The van der Waals surface area contributed by atoms with Crippen molar-refractivity contribution in [2.75, 3.05) is 21.3 Å². The average Bonchev–Trinajstić information content (AvgIpc) is 2.76. The molecule has 0 heterocycles. The van der Waals surface area contributed by atoms with E-state index in [2.05, 4.69) is 4.98 Å². The van der Waals surface area contributed by atoms with Gasteiger partial charge in [-0.25, -0.2) is 0 Å². The molecule has 0 unspecified atom stereocenters. The van der Waals surface area contributed by atoms with E-state index in [1.165, 1.54) is 14.2 Å². The minimum absolute atomic E-state index is 0.179. The minimum Gasteiger partial charge on any atom is -0.550 e. The Morgan fingerprint density at radius 1 is 0.900 bits per heavy atom. The summed E-state index contributed by atoms with van der Waals surface area (Å²) in [7, 11) is 4.58. The topological polar surface area (TPSA) is 113 Å². The first kappa shape index (κ1) is 22.2. The zero-order valence-corrected chi connectivity index (χ0v) is 17.0. The highest BCUT2D eigenvalue weighted by Gasteiger charge is 2.27. The van der Waals surface area contributed by atoms with Crippen LogP contribution in [0.4, 0.5) is 5.69 Å². The molecular formula is C22H20N2O6. The van der Waals surface area contributed by atoms with Crippen LogP contribution < -0.4 is 19.3 Å². The third-order valence-corrected chi connectivity index (χ3v) is 4.18. The number of methoxy groups -OCH3 is 3. The number of hydrogen-bond donors (Lipinski definition) is 0. The highest BCUT2D eigenvalue weighted by atomic mass is 16.5. The number of aliphatic carboxylic acids is 1. The second-order valence-electron chi connectivity index (χ2n) is 5.98. The lowest BCUT2D eigenvalue weighted by molar-refractivity contribution is -0.302. The molecule has 0 saturated carbocycles. The molecule has 30 heavy (non-hydrogen) atoms. The summed E-state index contributed by atoms with van der Waals surface area (Å²) >= 11 is 0. The van der Waals surface area contributed by atoms with Gasteiger partial charge >= 0.3 is 5.69 Å². The van der Waals surface area contributed by atoms with Crippen LogP contribution in [0.25, 0.3) is 15.7 Å². The lowest BCUT2D eigenvalue weighted by Crippen LogP contribution is -2.16. The standard InChI is InChI=1S/C20H17N2O4.C2H4O2/c1-24-16-10-6-8-13-17(25-2)11-14(20(26-3)18(13)16)19(23)12-7-4-5-9-15(12)22-21;1-2(3)4/h4-11H,1-3H3;1H3,(H,3,4)/q+1;/p-1. The molecule has 0 radical (unpaired) electrons. The number of carbonyl (C=O) groups excluding carboxylic acids is 2. The Morgan fingerprint density at radius 3 is 2.10 bits per heavy atom. The van der Waals surface area contributed by atoms with Crippen molar-refractivity contribution >= 4 is 28.2 Å². The van der Waals surface area contributed by atoms with Gasteiger partial charge in [0.25, 0.3) is 0 Å². The maximum atomic E-state index is 13.2. The molecule has 3 aromatic rings. The van der Waals surface area contributed by atoms with Crippen molar-refractivity contribution in [1.82, 2.24) is 0 Å². The van der Waals surface area contributed by atoms with Crippen LogP contribution in [-0.2, 0) is 4.79 Å². The Hall–Kier alpha value is -4.12. The zero-order chi connectivity index (χ0) is 22.3. The lowest BCUT2D eigenvalue weighted by atomic mass is 9.96. The maximum absolute atomic E-state index is 13.2. The predicted molar refractivity (Wildman–Crippen MR) is 109 cm³/mol. The molecule has 154 valence electrons. The Balaban J connectivity index is 0.000000735. The zero-order valence-electron chi connectivity index (χ0n) is 17.0. The highest BCUT2D eigenvalue weighted by molar-refractivity contribution is 6.17.